The second-order valence-corrected chi connectivity index (χ2v) is 4.95. The summed E-state index contributed by atoms with van der Waals surface area (Å²) >= 11 is 0. The van der Waals surface area contributed by atoms with Crippen LogP contribution in [0.3, 0.4) is 0 Å². The number of rotatable bonds is 3. The lowest BCUT2D eigenvalue weighted by atomic mass is 10.0. The third-order valence-corrected chi connectivity index (χ3v) is 3.70. The maximum atomic E-state index is 9.54. The van der Waals surface area contributed by atoms with E-state index < -0.39 is 0 Å². The Morgan fingerprint density at radius 3 is 2.56 bits per heavy atom. The summed E-state index contributed by atoms with van der Waals surface area (Å²) in [5.41, 5.74) is 0.934. The average molecular weight is 251 g/mol. The summed E-state index contributed by atoms with van der Waals surface area (Å²) < 4.78 is 5.41. The summed E-state index contributed by atoms with van der Waals surface area (Å²) in [6.45, 7) is 4.01. The highest BCUT2D eigenvalue weighted by molar-refractivity contribution is 5.38. The van der Waals surface area contributed by atoms with Crippen LogP contribution in [0.25, 0.3) is 0 Å². The molecule has 1 saturated heterocycles. The van der Waals surface area contributed by atoms with Gasteiger partial charge in [0.15, 0.2) is 0 Å². The predicted molar refractivity (Wildman–Crippen MR) is 69.8 cm³/mol. The van der Waals surface area contributed by atoms with Gasteiger partial charge in [-0.05, 0) is 44.0 Å². The minimum absolute atomic E-state index is 0.108. The van der Waals surface area contributed by atoms with Gasteiger partial charge < -0.3 is 14.9 Å². The molecule has 0 spiro atoms. The molecular formula is C14H21NO3. The van der Waals surface area contributed by atoms with Crippen molar-refractivity contribution in [2.45, 2.75) is 31.9 Å². The van der Waals surface area contributed by atoms with Crippen LogP contribution in [0.2, 0.25) is 0 Å². The van der Waals surface area contributed by atoms with Crippen LogP contribution in [0, 0.1) is 0 Å². The summed E-state index contributed by atoms with van der Waals surface area (Å²) in [5, 5.41) is 19.1. The van der Waals surface area contributed by atoms with Gasteiger partial charge in [-0.3, -0.25) is 4.90 Å². The number of nitrogens with zero attached hydrogens (tertiary/aromatic N) is 1. The fourth-order valence-corrected chi connectivity index (χ4v) is 2.58. The van der Waals surface area contributed by atoms with Gasteiger partial charge in [-0.1, -0.05) is 0 Å². The highest BCUT2D eigenvalue weighted by Crippen LogP contribution is 2.30. The van der Waals surface area contributed by atoms with Crippen LogP contribution in [0.4, 0.5) is 0 Å². The second-order valence-electron chi connectivity index (χ2n) is 4.95. The van der Waals surface area contributed by atoms with Crippen molar-refractivity contribution in [3.8, 4) is 11.5 Å². The zero-order chi connectivity index (χ0) is 13.1. The van der Waals surface area contributed by atoms with Gasteiger partial charge in [0.25, 0.3) is 0 Å². The Bertz CT molecular complexity index is 388. The number of hydrogen-bond acceptors (Lipinski definition) is 4. The van der Waals surface area contributed by atoms with Gasteiger partial charge >= 0.3 is 0 Å². The molecule has 0 aromatic heterocycles. The summed E-state index contributed by atoms with van der Waals surface area (Å²) in [5.74, 6) is 0.217. The van der Waals surface area contributed by atoms with E-state index in [9.17, 15) is 10.2 Å². The molecule has 4 heteroatoms. The van der Waals surface area contributed by atoms with Crippen LogP contribution in [0.5, 0.6) is 11.5 Å². The van der Waals surface area contributed by atoms with Gasteiger partial charge in [-0.25, -0.2) is 0 Å². The predicted octanol–water partition coefficient (Wildman–Crippen LogP) is 2.27. The number of phenolic OH excluding ortho intramolecular Hbond substituents is 2. The van der Waals surface area contributed by atoms with Crippen LogP contribution < -0.4 is 0 Å². The lowest BCUT2D eigenvalue weighted by Gasteiger charge is -2.36. The number of piperidine rings is 1. The molecule has 0 amide bonds. The first-order valence-electron chi connectivity index (χ1n) is 6.40. The number of likely N-dealkylation sites (tertiary alicyclic amines) is 1. The Morgan fingerprint density at radius 2 is 1.94 bits per heavy atom. The normalized spacial score (nSPS) is 22.9. The zero-order valence-electron chi connectivity index (χ0n) is 11.0. The Morgan fingerprint density at radius 1 is 1.28 bits per heavy atom. The molecule has 2 atom stereocenters. The zero-order valence-corrected chi connectivity index (χ0v) is 11.0. The Labute approximate surface area is 108 Å². The van der Waals surface area contributed by atoms with Crippen LogP contribution >= 0.6 is 0 Å². The molecule has 0 radical (unpaired) electrons. The van der Waals surface area contributed by atoms with Crippen LogP contribution in [0.15, 0.2) is 18.2 Å². The number of benzene rings is 1. The molecule has 2 unspecified atom stereocenters. The molecule has 1 aliphatic rings. The minimum Gasteiger partial charge on any atom is -0.508 e. The average Bonchev–Trinajstić information content (AvgIpc) is 2.37. The van der Waals surface area contributed by atoms with Crippen molar-refractivity contribution in [2.75, 3.05) is 20.2 Å². The first-order valence-corrected chi connectivity index (χ1v) is 6.40. The fraction of sp³-hybridized carbons (Fsp3) is 0.571. The number of hydrogen-bond donors (Lipinski definition) is 2. The summed E-state index contributed by atoms with van der Waals surface area (Å²) in [4.78, 5) is 2.33. The van der Waals surface area contributed by atoms with Gasteiger partial charge in [-0.15, -0.1) is 0 Å². The van der Waals surface area contributed by atoms with Crippen molar-refractivity contribution in [3.63, 3.8) is 0 Å². The molecule has 2 rings (SSSR count). The van der Waals surface area contributed by atoms with Gasteiger partial charge in [0.1, 0.15) is 11.5 Å². The first-order chi connectivity index (χ1) is 8.60. The van der Waals surface area contributed by atoms with Crippen LogP contribution in [-0.4, -0.2) is 41.4 Å². The Hall–Kier alpha value is -1.26. The third-order valence-electron chi connectivity index (χ3n) is 3.70. The van der Waals surface area contributed by atoms with Gasteiger partial charge in [0, 0.05) is 25.8 Å². The molecule has 1 aromatic rings. The molecule has 0 aliphatic carbocycles. The number of ether oxygens (including phenoxy) is 1. The van der Waals surface area contributed by atoms with Crippen LogP contribution in [-0.2, 0) is 4.74 Å². The van der Waals surface area contributed by atoms with E-state index in [1.54, 1.807) is 19.2 Å². The Balaban J connectivity index is 2.12. The van der Waals surface area contributed by atoms with E-state index in [-0.39, 0.29) is 23.6 Å². The van der Waals surface area contributed by atoms with E-state index in [1.165, 1.54) is 6.07 Å². The highest BCUT2D eigenvalue weighted by Gasteiger charge is 2.24. The van der Waals surface area contributed by atoms with Gasteiger partial charge in [0.2, 0.25) is 0 Å². The van der Waals surface area contributed by atoms with E-state index >= 15 is 0 Å². The summed E-state index contributed by atoms with van der Waals surface area (Å²) in [6.07, 6.45) is 2.51. The Kier molecular flexibility index (Phi) is 4.09. The lowest BCUT2D eigenvalue weighted by molar-refractivity contribution is 0.0170. The molecule has 1 heterocycles. The maximum absolute atomic E-state index is 9.54. The van der Waals surface area contributed by atoms with Crippen molar-refractivity contribution < 1.29 is 14.9 Å². The van der Waals surface area contributed by atoms with Crippen molar-refractivity contribution in [1.82, 2.24) is 4.90 Å². The molecule has 0 saturated carbocycles. The molecule has 1 fully saturated rings. The first kappa shape index (κ1) is 13.2. The maximum Gasteiger partial charge on any atom is 0.119 e. The van der Waals surface area contributed by atoms with Crippen molar-refractivity contribution in [2.24, 2.45) is 0 Å². The minimum atomic E-state index is 0.108. The molecule has 1 aromatic carbocycles. The van der Waals surface area contributed by atoms with Crippen molar-refractivity contribution >= 4 is 0 Å². The van der Waals surface area contributed by atoms with E-state index in [2.05, 4.69) is 11.8 Å². The molecule has 0 bridgehead atoms. The standard InChI is InChI=1S/C14H21NO3/c1-10(11-6-12(16)8-13(17)7-11)15-5-3-4-14(9-15)18-2/h6-8,10,14,16-17H,3-5,9H2,1-2H3. The number of aromatic hydroxyl groups is 2. The molecule has 1 aliphatic heterocycles. The molecular weight excluding hydrogens is 230 g/mol. The van der Waals surface area contributed by atoms with Crippen molar-refractivity contribution in [3.05, 3.63) is 23.8 Å². The van der Waals surface area contributed by atoms with Gasteiger partial charge in [0.05, 0.1) is 6.10 Å². The highest BCUT2D eigenvalue weighted by atomic mass is 16.5. The molecule has 4 nitrogen and oxygen atoms in total. The third kappa shape index (κ3) is 2.94. The largest absolute Gasteiger partial charge is 0.508 e. The van der Waals surface area contributed by atoms with Gasteiger partial charge in [-0.2, -0.15) is 0 Å². The summed E-state index contributed by atoms with van der Waals surface area (Å²) in [7, 11) is 1.75. The van der Waals surface area contributed by atoms with Crippen molar-refractivity contribution in [1.29, 1.82) is 0 Å². The lowest BCUT2D eigenvalue weighted by Crippen LogP contribution is -2.40. The van der Waals surface area contributed by atoms with Crippen LogP contribution in [0.1, 0.15) is 31.4 Å². The molecule has 18 heavy (non-hydrogen) atoms. The smallest absolute Gasteiger partial charge is 0.119 e. The topological polar surface area (TPSA) is 52.9 Å². The number of methoxy groups -OCH3 is 1. The molecule has 100 valence electrons. The monoisotopic (exact) mass is 251 g/mol. The number of phenols is 2. The van der Waals surface area contributed by atoms with E-state index in [4.69, 9.17) is 4.74 Å². The second kappa shape index (κ2) is 5.59. The quantitative estimate of drug-likeness (QED) is 0.865. The molecule has 2 N–H and O–H groups in total. The SMILES string of the molecule is COC1CCCN(C(C)c2cc(O)cc(O)c2)C1. The van der Waals surface area contributed by atoms with E-state index in [0.717, 1.165) is 31.5 Å². The van der Waals surface area contributed by atoms with E-state index in [0.29, 0.717) is 0 Å². The van der Waals surface area contributed by atoms with E-state index in [1.807, 2.05) is 0 Å². The summed E-state index contributed by atoms with van der Waals surface area (Å²) in [6, 6.07) is 4.94. The fourth-order valence-electron chi connectivity index (χ4n) is 2.58.